The molecule has 0 aliphatic rings. The van der Waals surface area contributed by atoms with Crippen LogP contribution in [0.3, 0.4) is 0 Å². The first-order valence-corrected chi connectivity index (χ1v) is 11.5. The minimum atomic E-state index is 0.505. The van der Waals surface area contributed by atoms with Gasteiger partial charge in [-0.1, -0.05) is 32.0 Å². The van der Waals surface area contributed by atoms with E-state index in [2.05, 4.69) is 55.3 Å². The summed E-state index contributed by atoms with van der Waals surface area (Å²) >= 11 is 3.51. The molecule has 170 valence electrons. The van der Waals surface area contributed by atoms with Crippen molar-refractivity contribution in [2.45, 2.75) is 20.4 Å². The largest absolute Gasteiger partial charge is 0.496 e. The number of rotatable bonds is 12. The number of hydrogen-bond donors (Lipinski definition) is 2. The maximum absolute atomic E-state index is 5.85. The molecule has 0 bridgehead atoms. The minimum absolute atomic E-state index is 0.505. The summed E-state index contributed by atoms with van der Waals surface area (Å²) in [6.07, 6.45) is 1.73. The molecular weight excluding hydrogens is 470 g/mol. The van der Waals surface area contributed by atoms with E-state index in [1.54, 1.807) is 13.3 Å². The van der Waals surface area contributed by atoms with Crippen molar-refractivity contribution in [3.8, 4) is 11.5 Å². The Labute approximate surface area is 198 Å². The first-order valence-electron chi connectivity index (χ1n) is 10.7. The molecule has 0 spiro atoms. The lowest BCUT2D eigenvalue weighted by atomic mass is 10.2. The van der Waals surface area contributed by atoms with Crippen LogP contribution in [0.25, 0.3) is 0 Å². The first kappa shape index (κ1) is 23.8. The minimum Gasteiger partial charge on any atom is -0.496 e. The molecule has 0 saturated carbocycles. The molecule has 0 radical (unpaired) electrons. The average molecular weight is 500 g/mol. The molecule has 0 unspecified atom stereocenters. The van der Waals surface area contributed by atoms with Crippen LogP contribution in [0.1, 0.15) is 19.4 Å². The highest BCUT2D eigenvalue weighted by molar-refractivity contribution is 9.10. The van der Waals surface area contributed by atoms with E-state index in [0.29, 0.717) is 24.9 Å². The predicted octanol–water partition coefficient (Wildman–Crippen LogP) is 5.32. The monoisotopic (exact) mass is 499 g/mol. The Bertz CT molecular complexity index is 980. The quantitative estimate of drug-likeness (QED) is 0.349. The van der Waals surface area contributed by atoms with Crippen molar-refractivity contribution >= 4 is 33.4 Å². The first-order chi connectivity index (χ1) is 15.6. The molecule has 0 aliphatic heterocycles. The number of nitrogens with zero attached hydrogens (tertiary/aromatic N) is 3. The summed E-state index contributed by atoms with van der Waals surface area (Å²) in [5.74, 6) is 2.89. The molecule has 3 rings (SSSR count). The smallest absolute Gasteiger partial charge is 0.229 e. The van der Waals surface area contributed by atoms with E-state index in [1.165, 1.54) is 0 Å². The van der Waals surface area contributed by atoms with Gasteiger partial charge in [-0.3, -0.25) is 0 Å². The highest BCUT2D eigenvalue weighted by atomic mass is 79.9. The number of ether oxygens (including phenoxy) is 2. The zero-order valence-electron chi connectivity index (χ0n) is 18.8. The number of aromatic nitrogens is 2. The summed E-state index contributed by atoms with van der Waals surface area (Å²) in [5, 5.41) is 6.58. The van der Waals surface area contributed by atoms with Crippen LogP contribution in [0.4, 0.5) is 17.5 Å². The maximum Gasteiger partial charge on any atom is 0.229 e. The van der Waals surface area contributed by atoms with Gasteiger partial charge < -0.3 is 25.0 Å². The third-order valence-electron chi connectivity index (χ3n) is 5.06. The number of para-hydroxylation sites is 1. The molecule has 2 N–H and O–H groups in total. The second-order valence-corrected chi connectivity index (χ2v) is 7.93. The van der Waals surface area contributed by atoms with Crippen LogP contribution in [0.5, 0.6) is 11.5 Å². The Morgan fingerprint density at radius 1 is 1.03 bits per heavy atom. The summed E-state index contributed by atoms with van der Waals surface area (Å²) in [4.78, 5) is 11.3. The second-order valence-electron chi connectivity index (χ2n) is 7.08. The van der Waals surface area contributed by atoms with E-state index in [4.69, 9.17) is 9.47 Å². The number of anilines is 3. The Morgan fingerprint density at radius 3 is 2.50 bits per heavy atom. The molecule has 0 amide bonds. The van der Waals surface area contributed by atoms with Crippen LogP contribution in [0.2, 0.25) is 0 Å². The van der Waals surface area contributed by atoms with Crippen LogP contribution < -0.4 is 20.1 Å². The number of halogens is 1. The lowest BCUT2D eigenvalue weighted by molar-refractivity contribution is 0.223. The molecule has 0 atom stereocenters. The Balaban J connectivity index is 1.58. The van der Waals surface area contributed by atoms with Gasteiger partial charge in [0, 0.05) is 30.5 Å². The normalized spacial score (nSPS) is 10.8. The highest BCUT2D eigenvalue weighted by Crippen LogP contribution is 2.25. The molecule has 3 aromatic rings. The van der Waals surface area contributed by atoms with E-state index in [-0.39, 0.29) is 0 Å². The Kier molecular flexibility index (Phi) is 9.13. The molecule has 1 aromatic heterocycles. The van der Waals surface area contributed by atoms with Gasteiger partial charge in [-0.05, 0) is 59.4 Å². The molecule has 2 aromatic carbocycles. The third kappa shape index (κ3) is 6.83. The van der Waals surface area contributed by atoms with Crippen molar-refractivity contribution in [3.05, 3.63) is 64.8 Å². The number of nitrogens with one attached hydrogen (secondary N) is 2. The van der Waals surface area contributed by atoms with Crippen molar-refractivity contribution in [2.75, 3.05) is 44.0 Å². The molecular formula is C24H30BrN5O2. The van der Waals surface area contributed by atoms with Gasteiger partial charge >= 0.3 is 0 Å². The molecule has 7 nitrogen and oxygen atoms in total. The summed E-state index contributed by atoms with van der Waals surface area (Å²) in [5.41, 5.74) is 1.94. The van der Waals surface area contributed by atoms with Gasteiger partial charge in [0.1, 0.15) is 23.9 Å². The van der Waals surface area contributed by atoms with E-state index in [0.717, 1.165) is 46.9 Å². The van der Waals surface area contributed by atoms with Crippen LogP contribution in [0, 0.1) is 0 Å². The fraction of sp³-hybridized carbons (Fsp3) is 0.333. The van der Waals surface area contributed by atoms with Crippen molar-refractivity contribution in [1.29, 1.82) is 0 Å². The van der Waals surface area contributed by atoms with Crippen LogP contribution in [0.15, 0.2) is 59.2 Å². The Morgan fingerprint density at radius 2 is 1.78 bits per heavy atom. The van der Waals surface area contributed by atoms with Gasteiger partial charge in [-0.15, -0.1) is 0 Å². The second kappa shape index (κ2) is 12.3. The molecule has 0 saturated heterocycles. The van der Waals surface area contributed by atoms with Gasteiger partial charge in [-0.25, -0.2) is 4.98 Å². The molecule has 8 heteroatoms. The SMILES string of the molecule is CCN(CC)CCOc1ccc(Nc2ncc(Br)c(NCc3ccccc3OC)n2)cc1. The van der Waals surface area contributed by atoms with E-state index >= 15 is 0 Å². The zero-order valence-corrected chi connectivity index (χ0v) is 20.4. The van der Waals surface area contributed by atoms with Crippen LogP contribution in [-0.4, -0.2) is 48.2 Å². The maximum atomic E-state index is 5.85. The average Bonchev–Trinajstić information content (AvgIpc) is 2.83. The van der Waals surface area contributed by atoms with Crippen LogP contribution in [-0.2, 0) is 6.54 Å². The summed E-state index contributed by atoms with van der Waals surface area (Å²) in [6.45, 7) is 8.56. The van der Waals surface area contributed by atoms with Crippen molar-refractivity contribution in [2.24, 2.45) is 0 Å². The number of benzene rings is 2. The lowest BCUT2D eigenvalue weighted by Gasteiger charge is -2.18. The van der Waals surface area contributed by atoms with Gasteiger partial charge in [0.05, 0.1) is 11.6 Å². The summed E-state index contributed by atoms with van der Waals surface area (Å²) < 4.78 is 12.0. The zero-order chi connectivity index (χ0) is 22.8. The molecule has 0 aliphatic carbocycles. The van der Waals surface area contributed by atoms with Crippen molar-refractivity contribution in [3.63, 3.8) is 0 Å². The van der Waals surface area contributed by atoms with E-state index in [1.807, 2.05) is 48.5 Å². The van der Waals surface area contributed by atoms with Gasteiger partial charge in [0.2, 0.25) is 5.95 Å². The van der Waals surface area contributed by atoms with Gasteiger partial charge in [-0.2, -0.15) is 4.98 Å². The number of hydrogen-bond acceptors (Lipinski definition) is 7. The molecule has 32 heavy (non-hydrogen) atoms. The van der Waals surface area contributed by atoms with Gasteiger partial charge in [0.25, 0.3) is 0 Å². The highest BCUT2D eigenvalue weighted by Gasteiger charge is 2.08. The standard InChI is InChI=1S/C24H30BrN5O2/c1-4-30(5-2)14-15-32-20-12-10-19(11-13-20)28-24-27-17-21(25)23(29-24)26-16-18-8-6-7-9-22(18)31-3/h6-13,17H,4-5,14-16H2,1-3H3,(H2,26,27,28,29). The van der Waals surface area contributed by atoms with Gasteiger partial charge in [0.15, 0.2) is 0 Å². The topological polar surface area (TPSA) is 71.5 Å². The number of methoxy groups -OCH3 is 1. The number of likely N-dealkylation sites (N-methyl/N-ethyl adjacent to an activating group) is 1. The molecule has 1 heterocycles. The predicted molar refractivity (Wildman–Crippen MR) is 133 cm³/mol. The summed E-state index contributed by atoms with van der Waals surface area (Å²) in [7, 11) is 1.67. The van der Waals surface area contributed by atoms with E-state index < -0.39 is 0 Å². The van der Waals surface area contributed by atoms with Crippen molar-refractivity contribution in [1.82, 2.24) is 14.9 Å². The molecule has 0 fully saturated rings. The third-order valence-corrected chi connectivity index (χ3v) is 5.64. The lowest BCUT2D eigenvalue weighted by Crippen LogP contribution is -2.27. The fourth-order valence-corrected chi connectivity index (χ4v) is 3.51. The van der Waals surface area contributed by atoms with Crippen molar-refractivity contribution < 1.29 is 9.47 Å². The van der Waals surface area contributed by atoms with Crippen LogP contribution >= 0.6 is 15.9 Å². The Hall–Kier alpha value is -2.84. The van der Waals surface area contributed by atoms with E-state index in [9.17, 15) is 0 Å². The summed E-state index contributed by atoms with van der Waals surface area (Å²) in [6, 6.07) is 15.7. The fourth-order valence-electron chi connectivity index (χ4n) is 3.18.